The molecule has 0 saturated heterocycles. The molecule has 3 heterocycles. The number of amides is 2. The standard InChI is InChI=1S/C32H24N6O/c39-32-35-29(22-14-6-2-7-15-22)27(31-33-25-18-10-11-19-26(25)34-31)30(36-32)24-20-38(23-16-8-3-9-17-23)37-28(24)21-12-4-1-5-13-21/h1-20,30H,(H,33,34)(H2,35,36,39)/t30-/m0/s1. The highest BCUT2D eigenvalue weighted by molar-refractivity contribution is 6.03. The van der Waals surface area contributed by atoms with E-state index in [4.69, 9.17) is 10.1 Å². The zero-order chi connectivity index (χ0) is 26.2. The van der Waals surface area contributed by atoms with Crippen molar-refractivity contribution < 1.29 is 4.79 Å². The predicted molar refractivity (Wildman–Crippen MR) is 153 cm³/mol. The summed E-state index contributed by atoms with van der Waals surface area (Å²) in [6.07, 6.45) is 2.00. The molecular formula is C32H24N6O. The Kier molecular flexibility index (Phi) is 5.52. The van der Waals surface area contributed by atoms with Crippen molar-refractivity contribution in [3.63, 3.8) is 0 Å². The van der Waals surface area contributed by atoms with E-state index in [1.807, 2.05) is 126 Å². The second-order valence-corrected chi connectivity index (χ2v) is 9.37. The van der Waals surface area contributed by atoms with Crippen LogP contribution in [0.25, 0.3) is 39.2 Å². The number of imidazole rings is 1. The Balaban J connectivity index is 1.50. The van der Waals surface area contributed by atoms with Gasteiger partial charge in [0, 0.05) is 22.9 Å². The normalized spacial score (nSPS) is 15.3. The van der Waals surface area contributed by atoms with E-state index in [2.05, 4.69) is 15.6 Å². The average Bonchev–Trinajstić information content (AvgIpc) is 3.63. The summed E-state index contributed by atoms with van der Waals surface area (Å²) in [7, 11) is 0. The molecule has 6 aromatic rings. The van der Waals surface area contributed by atoms with E-state index >= 15 is 0 Å². The second kappa shape index (κ2) is 9.46. The molecule has 7 heteroatoms. The lowest BCUT2D eigenvalue weighted by Crippen LogP contribution is -2.43. The van der Waals surface area contributed by atoms with Crippen molar-refractivity contribution in [2.24, 2.45) is 0 Å². The van der Waals surface area contributed by atoms with Gasteiger partial charge < -0.3 is 15.6 Å². The quantitative estimate of drug-likeness (QED) is 0.254. The van der Waals surface area contributed by atoms with Crippen LogP contribution in [-0.4, -0.2) is 25.8 Å². The third-order valence-corrected chi connectivity index (χ3v) is 6.90. The lowest BCUT2D eigenvalue weighted by Gasteiger charge is -2.29. The number of urea groups is 1. The zero-order valence-corrected chi connectivity index (χ0v) is 20.9. The molecule has 0 aliphatic carbocycles. The van der Waals surface area contributed by atoms with Gasteiger partial charge in [-0.1, -0.05) is 91.0 Å². The van der Waals surface area contributed by atoms with Gasteiger partial charge >= 0.3 is 6.03 Å². The summed E-state index contributed by atoms with van der Waals surface area (Å²) in [5, 5.41) is 11.3. The molecule has 1 atom stereocenters. The number of H-pyrrole nitrogens is 1. The van der Waals surface area contributed by atoms with E-state index in [0.717, 1.165) is 44.7 Å². The van der Waals surface area contributed by atoms with Crippen LogP contribution in [0, 0.1) is 0 Å². The molecular weight excluding hydrogens is 484 g/mol. The van der Waals surface area contributed by atoms with Crippen LogP contribution < -0.4 is 10.6 Å². The monoisotopic (exact) mass is 508 g/mol. The number of aromatic amines is 1. The van der Waals surface area contributed by atoms with Crippen molar-refractivity contribution in [1.29, 1.82) is 0 Å². The lowest BCUT2D eigenvalue weighted by molar-refractivity contribution is 0.242. The molecule has 4 aromatic carbocycles. The molecule has 0 unspecified atom stereocenters. The van der Waals surface area contributed by atoms with Crippen LogP contribution in [0.2, 0.25) is 0 Å². The third kappa shape index (κ3) is 4.16. The van der Waals surface area contributed by atoms with Crippen LogP contribution in [0.5, 0.6) is 0 Å². The number of benzene rings is 4. The highest BCUT2D eigenvalue weighted by atomic mass is 16.2. The predicted octanol–water partition coefficient (Wildman–Crippen LogP) is 6.34. The number of nitrogens with zero attached hydrogens (tertiary/aromatic N) is 3. The molecule has 39 heavy (non-hydrogen) atoms. The maximum Gasteiger partial charge on any atom is 0.320 e. The van der Waals surface area contributed by atoms with Crippen molar-refractivity contribution in [2.75, 3.05) is 0 Å². The number of fused-ring (bicyclic) bond motifs is 1. The molecule has 0 fully saturated rings. The van der Waals surface area contributed by atoms with Crippen molar-refractivity contribution >= 4 is 28.3 Å². The van der Waals surface area contributed by atoms with Crippen LogP contribution in [0.1, 0.15) is 23.0 Å². The Hall–Kier alpha value is -5.43. The number of carbonyl (C=O) groups is 1. The number of para-hydroxylation sites is 3. The topological polar surface area (TPSA) is 87.6 Å². The number of carbonyl (C=O) groups excluding carboxylic acids is 1. The maximum absolute atomic E-state index is 13.2. The van der Waals surface area contributed by atoms with Gasteiger partial charge in [0.05, 0.1) is 34.2 Å². The summed E-state index contributed by atoms with van der Waals surface area (Å²) in [6.45, 7) is 0. The van der Waals surface area contributed by atoms with Crippen molar-refractivity contribution in [3.8, 4) is 16.9 Å². The molecule has 0 bridgehead atoms. The zero-order valence-electron chi connectivity index (χ0n) is 20.9. The minimum atomic E-state index is -0.526. The SMILES string of the molecule is O=C1NC(c2ccccc2)=C(c2nc3ccccc3[nH]2)[C@H](c2cn(-c3ccccc3)nc2-c2ccccc2)N1. The van der Waals surface area contributed by atoms with Gasteiger partial charge in [-0.15, -0.1) is 0 Å². The van der Waals surface area contributed by atoms with E-state index in [1.165, 1.54) is 0 Å². The molecule has 2 amide bonds. The van der Waals surface area contributed by atoms with E-state index in [-0.39, 0.29) is 6.03 Å². The van der Waals surface area contributed by atoms with Gasteiger partial charge in [-0.3, -0.25) is 0 Å². The first kappa shape index (κ1) is 22.7. The fraction of sp³-hybridized carbons (Fsp3) is 0.0312. The van der Waals surface area contributed by atoms with Crippen LogP contribution in [0.3, 0.4) is 0 Å². The summed E-state index contributed by atoms with van der Waals surface area (Å²) >= 11 is 0. The van der Waals surface area contributed by atoms with Gasteiger partial charge in [0.2, 0.25) is 0 Å². The first-order chi connectivity index (χ1) is 19.2. The van der Waals surface area contributed by atoms with Crippen LogP contribution in [-0.2, 0) is 0 Å². The molecule has 2 aromatic heterocycles. The fourth-order valence-corrected chi connectivity index (χ4v) is 5.10. The fourth-order valence-electron chi connectivity index (χ4n) is 5.10. The van der Waals surface area contributed by atoms with Gasteiger partial charge in [0.15, 0.2) is 0 Å². The highest BCUT2D eigenvalue weighted by Crippen LogP contribution is 2.41. The first-order valence-electron chi connectivity index (χ1n) is 12.8. The van der Waals surface area contributed by atoms with Crippen molar-refractivity contribution in [2.45, 2.75) is 6.04 Å². The Morgan fingerprint density at radius 2 is 1.36 bits per heavy atom. The van der Waals surface area contributed by atoms with E-state index in [0.29, 0.717) is 11.5 Å². The molecule has 7 rings (SSSR count). The van der Waals surface area contributed by atoms with Crippen LogP contribution in [0.15, 0.2) is 121 Å². The smallest absolute Gasteiger partial charge is 0.320 e. The Morgan fingerprint density at radius 3 is 2.08 bits per heavy atom. The van der Waals surface area contributed by atoms with E-state index in [1.54, 1.807) is 0 Å². The van der Waals surface area contributed by atoms with Gasteiger partial charge in [-0.2, -0.15) is 5.10 Å². The van der Waals surface area contributed by atoms with E-state index < -0.39 is 6.04 Å². The average molecular weight is 509 g/mol. The lowest BCUT2D eigenvalue weighted by atomic mass is 9.91. The molecule has 188 valence electrons. The molecule has 1 aliphatic heterocycles. The summed E-state index contributed by atoms with van der Waals surface area (Å²) in [5.41, 5.74) is 7.74. The maximum atomic E-state index is 13.2. The van der Waals surface area contributed by atoms with E-state index in [9.17, 15) is 4.79 Å². The second-order valence-electron chi connectivity index (χ2n) is 9.37. The number of hydrogen-bond acceptors (Lipinski definition) is 3. The van der Waals surface area contributed by atoms with Gasteiger partial charge in [-0.05, 0) is 29.8 Å². The molecule has 7 nitrogen and oxygen atoms in total. The molecule has 3 N–H and O–H groups in total. The third-order valence-electron chi connectivity index (χ3n) is 6.90. The van der Waals surface area contributed by atoms with Gasteiger partial charge in [0.1, 0.15) is 5.82 Å². The first-order valence-corrected chi connectivity index (χ1v) is 12.8. The van der Waals surface area contributed by atoms with Crippen LogP contribution >= 0.6 is 0 Å². The summed E-state index contributed by atoms with van der Waals surface area (Å²) in [5.74, 6) is 0.680. The van der Waals surface area contributed by atoms with Crippen LogP contribution in [0.4, 0.5) is 4.79 Å². The van der Waals surface area contributed by atoms with Gasteiger partial charge in [0.25, 0.3) is 0 Å². The molecule has 0 spiro atoms. The Labute approximate surface area is 224 Å². The number of rotatable bonds is 5. The largest absolute Gasteiger partial charge is 0.338 e. The van der Waals surface area contributed by atoms with Crippen molar-refractivity contribution in [1.82, 2.24) is 30.4 Å². The molecule has 0 radical (unpaired) electrons. The van der Waals surface area contributed by atoms with Crippen molar-refractivity contribution in [3.05, 3.63) is 138 Å². The molecule has 0 saturated carbocycles. The minimum Gasteiger partial charge on any atom is -0.338 e. The minimum absolute atomic E-state index is 0.287. The summed E-state index contributed by atoms with van der Waals surface area (Å²) < 4.78 is 1.87. The number of nitrogens with one attached hydrogen (secondary N) is 3. The number of hydrogen-bond donors (Lipinski definition) is 3. The summed E-state index contributed by atoms with van der Waals surface area (Å²) in [6, 6.07) is 37.0. The summed E-state index contributed by atoms with van der Waals surface area (Å²) in [4.78, 5) is 21.6. The number of aromatic nitrogens is 4. The Bertz CT molecular complexity index is 1790. The highest BCUT2D eigenvalue weighted by Gasteiger charge is 2.35. The Morgan fingerprint density at radius 1 is 0.718 bits per heavy atom. The van der Waals surface area contributed by atoms with Gasteiger partial charge in [-0.25, -0.2) is 14.5 Å². The molecule has 1 aliphatic rings.